The van der Waals surface area contributed by atoms with Gasteiger partial charge in [-0.15, -0.1) is 11.3 Å². The number of hydrogen-bond acceptors (Lipinski definition) is 6. The number of methoxy groups -OCH3 is 2. The van der Waals surface area contributed by atoms with Crippen LogP contribution in [0.5, 0.6) is 11.5 Å². The van der Waals surface area contributed by atoms with Gasteiger partial charge in [-0.25, -0.2) is 4.68 Å². The van der Waals surface area contributed by atoms with Gasteiger partial charge in [-0.2, -0.15) is 18.3 Å². The quantitative estimate of drug-likeness (QED) is 0.557. The molecule has 3 heterocycles. The molecule has 0 unspecified atom stereocenters. The van der Waals surface area contributed by atoms with Crippen LogP contribution in [0.25, 0.3) is 0 Å². The number of benzene rings is 1. The van der Waals surface area contributed by atoms with Gasteiger partial charge in [0.2, 0.25) is 0 Å². The normalized spacial score (nSPS) is 17.9. The Kier molecular flexibility index (Phi) is 6.00. The topological polar surface area (TPSA) is 77.4 Å². The first kappa shape index (κ1) is 22.0. The summed E-state index contributed by atoms with van der Waals surface area (Å²) in [5.74, 6) is 0.488. The number of anilines is 1. The number of carbonyl (C=O) groups is 1. The Hall–Kier alpha value is -3.21. The predicted molar refractivity (Wildman–Crippen MR) is 113 cm³/mol. The molecule has 11 heteroatoms. The number of rotatable bonds is 6. The molecule has 32 heavy (non-hydrogen) atoms. The lowest BCUT2D eigenvalue weighted by molar-refractivity contribution is -0.173. The van der Waals surface area contributed by atoms with Gasteiger partial charge in [-0.05, 0) is 29.1 Å². The van der Waals surface area contributed by atoms with E-state index in [1.807, 2.05) is 17.5 Å². The molecule has 1 aliphatic rings. The lowest BCUT2D eigenvalue weighted by atomic mass is 9.96. The minimum atomic E-state index is -4.54. The monoisotopic (exact) mass is 466 g/mol. The van der Waals surface area contributed by atoms with E-state index in [4.69, 9.17) is 9.47 Å². The number of aromatic nitrogens is 2. The molecule has 0 fully saturated rings. The molecule has 0 saturated carbocycles. The fraction of sp³-hybridized carbons (Fsp3) is 0.333. The van der Waals surface area contributed by atoms with Crippen molar-refractivity contribution in [3.8, 4) is 11.5 Å². The number of hydrogen-bond donors (Lipinski definition) is 2. The van der Waals surface area contributed by atoms with Crippen LogP contribution in [0.3, 0.4) is 0 Å². The standard InChI is InChI=1S/C21H21F3N4O3S/c1-30-16-6-5-12(8-17(16)31-2)14-9-18(21(22,23)24)28-19(26-14)10-15(27-28)20(29)25-11-13-4-3-7-32-13/h3-8,10,14,18,26H,9,11H2,1-2H3,(H,25,29)/t14-,18-/m0/s1. The average molecular weight is 466 g/mol. The summed E-state index contributed by atoms with van der Waals surface area (Å²) in [4.78, 5) is 13.4. The molecule has 170 valence electrons. The summed E-state index contributed by atoms with van der Waals surface area (Å²) in [5.41, 5.74) is 0.527. The second-order valence-corrected chi connectivity index (χ2v) is 8.26. The number of nitrogens with one attached hydrogen (secondary N) is 2. The number of carbonyl (C=O) groups excluding carboxylic acids is 1. The molecule has 0 spiro atoms. The molecule has 0 saturated heterocycles. The van der Waals surface area contributed by atoms with Gasteiger partial charge in [0.15, 0.2) is 23.2 Å². The van der Waals surface area contributed by atoms with Crippen molar-refractivity contribution in [2.24, 2.45) is 0 Å². The fourth-order valence-corrected chi connectivity index (χ4v) is 4.29. The van der Waals surface area contributed by atoms with Gasteiger partial charge in [0.1, 0.15) is 5.82 Å². The molecule has 4 rings (SSSR count). The maximum atomic E-state index is 13.9. The molecule has 1 aromatic carbocycles. The zero-order valence-corrected chi connectivity index (χ0v) is 18.1. The van der Waals surface area contributed by atoms with Crippen LogP contribution in [0.4, 0.5) is 19.0 Å². The van der Waals surface area contributed by atoms with Crippen LogP contribution in [0.15, 0.2) is 41.8 Å². The molecular weight excluding hydrogens is 445 g/mol. The van der Waals surface area contributed by atoms with Crippen molar-refractivity contribution in [3.05, 3.63) is 57.9 Å². The highest BCUT2D eigenvalue weighted by Crippen LogP contribution is 2.44. The van der Waals surface area contributed by atoms with Crippen LogP contribution in [0, 0.1) is 0 Å². The third-order valence-electron chi connectivity index (χ3n) is 5.24. The number of thiophene rings is 1. The summed E-state index contributed by atoms with van der Waals surface area (Å²) >= 11 is 1.47. The summed E-state index contributed by atoms with van der Waals surface area (Å²) in [6.45, 7) is 0.281. The van der Waals surface area contributed by atoms with E-state index in [1.165, 1.54) is 31.6 Å². The third-order valence-corrected chi connectivity index (χ3v) is 6.11. The molecule has 2 atom stereocenters. The zero-order valence-electron chi connectivity index (χ0n) is 17.3. The van der Waals surface area contributed by atoms with E-state index in [2.05, 4.69) is 15.7 Å². The highest BCUT2D eigenvalue weighted by Gasteiger charge is 2.47. The van der Waals surface area contributed by atoms with Crippen molar-refractivity contribution in [2.45, 2.75) is 31.2 Å². The molecule has 0 aliphatic carbocycles. The van der Waals surface area contributed by atoms with Crippen molar-refractivity contribution in [1.29, 1.82) is 0 Å². The van der Waals surface area contributed by atoms with Crippen molar-refractivity contribution < 1.29 is 27.4 Å². The number of nitrogens with zero attached hydrogens (tertiary/aromatic N) is 2. The number of halogens is 3. The molecule has 0 bridgehead atoms. The van der Waals surface area contributed by atoms with E-state index < -0.39 is 24.2 Å². The Morgan fingerprint density at radius 2 is 2.03 bits per heavy atom. The molecule has 3 aromatic rings. The smallest absolute Gasteiger partial charge is 0.410 e. The van der Waals surface area contributed by atoms with Gasteiger partial charge < -0.3 is 20.1 Å². The van der Waals surface area contributed by atoms with E-state index in [0.717, 1.165) is 9.56 Å². The SMILES string of the molecule is COc1ccc([C@@H]2C[C@@H](C(F)(F)F)n3nc(C(=O)NCc4cccs4)cc3N2)cc1OC. The largest absolute Gasteiger partial charge is 0.493 e. The lowest BCUT2D eigenvalue weighted by Crippen LogP contribution is -2.35. The highest BCUT2D eigenvalue weighted by molar-refractivity contribution is 7.09. The van der Waals surface area contributed by atoms with Crippen molar-refractivity contribution >= 4 is 23.1 Å². The lowest BCUT2D eigenvalue weighted by Gasteiger charge is -2.33. The van der Waals surface area contributed by atoms with E-state index >= 15 is 0 Å². The van der Waals surface area contributed by atoms with Crippen LogP contribution in [-0.4, -0.2) is 36.1 Å². The Bertz CT molecular complexity index is 1100. The summed E-state index contributed by atoms with van der Waals surface area (Å²) < 4.78 is 53.0. The highest BCUT2D eigenvalue weighted by atomic mass is 32.1. The zero-order chi connectivity index (χ0) is 22.9. The van der Waals surface area contributed by atoms with Crippen LogP contribution in [0.2, 0.25) is 0 Å². The van der Waals surface area contributed by atoms with Crippen LogP contribution < -0.4 is 20.1 Å². The maximum absolute atomic E-state index is 13.9. The molecular formula is C21H21F3N4O3S. The van der Waals surface area contributed by atoms with Gasteiger partial charge in [0.05, 0.1) is 26.8 Å². The molecule has 1 aliphatic heterocycles. The molecule has 7 nitrogen and oxygen atoms in total. The van der Waals surface area contributed by atoms with E-state index in [0.29, 0.717) is 17.1 Å². The van der Waals surface area contributed by atoms with E-state index in [9.17, 15) is 18.0 Å². The van der Waals surface area contributed by atoms with Gasteiger partial charge >= 0.3 is 6.18 Å². The molecule has 1 amide bonds. The third kappa shape index (κ3) is 4.38. The Balaban J connectivity index is 1.61. The van der Waals surface area contributed by atoms with E-state index in [-0.39, 0.29) is 24.5 Å². The second kappa shape index (κ2) is 8.73. The van der Waals surface area contributed by atoms with Gasteiger partial charge in [0, 0.05) is 17.4 Å². The van der Waals surface area contributed by atoms with Crippen molar-refractivity contribution in [3.63, 3.8) is 0 Å². The van der Waals surface area contributed by atoms with Crippen molar-refractivity contribution in [1.82, 2.24) is 15.1 Å². The maximum Gasteiger partial charge on any atom is 0.410 e. The number of ether oxygens (including phenoxy) is 2. The number of fused-ring (bicyclic) bond motifs is 1. The van der Waals surface area contributed by atoms with Gasteiger partial charge in [-0.3, -0.25) is 4.79 Å². The van der Waals surface area contributed by atoms with Gasteiger partial charge in [-0.1, -0.05) is 12.1 Å². The van der Waals surface area contributed by atoms with Crippen LogP contribution in [-0.2, 0) is 6.54 Å². The van der Waals surface area contributed by atoms with Crippen LogP contribution >= 0.6 is 11.3 Å². The second-order valence-electron chi connectivity index (χ2n) is 7.23. The Labute approximate surface area is 186 Å². The van der Waals surface area contributed by atoms with Gasteiger partial charge in [0.25, 0.3) is 5.91 Å². The first-order valence-corrected chi connectivity index (χ1v) is 10.6. The summed E-state index contributed by atoms with van der Waals surface area (Å²) in [7, 11) is 2.95. The molecule has 2 N–H and O–H groups in total. The summed E-state index contributed by atoms with van der Waals surface area (Å²) in [6, 6.07) is 7.50. The number of amides is 1. The first-order valence-electron chi connectivity index (χ1n) is 9.75. The summed E-state index contributed by atoms with van der Waals surface area (Å²) in [6.07, 6.45) is -4.83. The minimum absolute atomic E-state index is 0.0775. The average Bonchev–Trinajstić information content (AvgIpc) is 3.45. The van der Waals surface area contributed by atoms with E-state index in [1.54, 1.807) is 18.2 Å². The van der Waals surface area contributed by atoms with Crippen LogP contribution in [0.1, 0.15) is 39.4 Å². The molecule has 0 radical (unpaired) electrons. The number of alkyl halides is 3. The Morgan fingerprint density at radius 3 is 2.69 bits per heavy atom. The van der Waals surface area contributed by atoms with Crippen molar-refractivity contribution in [2.75, 3.05) is 19.5 Å². The fourth-order valence-electron chi connectivity index (χ4n) is 3.64. The molecule has 2 aromatic heterocycles. The predicted octanol–water partition coefficient (Wildman–Crippen LogP) is 4.55. The first-order chi connectivity index (χ1) is 15.3. The Morgan fingerprint density at radius 1 is 1.25 bits per heavy atom. The minimum Gasteiger partial charge on any atom is -0.493 e. The summed E-state index contributed by atoms with van der Waals surface area (Å²) in [5, 5.41) is 11.6.